The summed E-state index contributed by atoms with van der Waals surface area (Å²) >= 11 is 0. The Balaban J connectivity index is 1.47. The molecule has 0 atom stereocenters. The number of amides is 1. The van der Waals surface area contributed by atoms with E-state index in [1.54, 1.807) is 15.3 Å². The van der Waals surface area contributed by atoms with Gasteiger partial charge in [0.25, 0.3) is 0 Å². The maximum atomic E-state index is 12.4. The van der Waals surface area contributed by atoms with Crippen molar-refractivity contribution in [3.63, 3.8) is 0 Å². The molecule has 1 N–H and O–H groups in total. The number of carbonyl (C=O) groups is 1. The highest BCUT2D eigenvalue weighted by molar-refractivity contribution is 5.90. The third-order valence-electron chi connectivity index (χ3n) is 4.65. The van der Waals surface area contributed by atoms with Crippen LogP contribution in [0.15, 0.2) is 29.3 Å². The lowest BCUT2D eigenvalue weighted by Gasteiger charge is -2.09. The lowest BCUT2D eigenvalue weighted by molar-refractivity contribution is -0.117. The smallest absolute Gasteiger partial charge is 0.324 e. The second kappa shape index (κ2) is 7.14. The van der Waals surface area contributed by atoms with E-state index >= 15 is 0 Å². The van der Waals surface area contributed by atoms with Gasteiger partial charge in [0.1, 0.15) is 18.7 Å². The number of hydrogen-bond donors (Lipinski definition) is 1. The Bertz CT molecular complexity index is 1020. The summed E-state index contributed by atoms with van der Waals surface area (Å²) in [6, 6.07) is 5.43. The van der Waals surface area contributed by atoms with Crippen LogP contribution in [0.1, 0.15) is 30.7 Å². The number of aromatic nitrogens is 7. The number of hydrogen-bond acceptors (Lipinski definition) is 6. The van der Waals surface area contributed by atoms with E-state index in [9.17, 15) is 9.59 Å². The van der Waals surface area contributed by atoms with Gasteiger partial charge in [0, 0.05) is 18.7 Å². The van der Waals surface area contributed by atoms with Crippen LogP contribution in [0.25, 0.3) is 5.69 Å². The van der Waals surface area contributed by atoms with Gasteiger partial charge in [0.2, 0.25) is 5.91 Å². The third-order valence-corrected chi connectivity index (χ3v) is 4.65. The van der Waals surface area contributed by atoms with Gasteiger partial charge in [-0.1, -0.05) is 6.42 Å². The highest BCUT2D eigenvalue weighted by Crippen LogP contribution is 2.18. The van der Waals surface area contributed by atoms with Gasteiger partial charge in [-0.15, -0.1) is 5.10 Å². The van der Waals surface area contributed by atoms with Gasteiger partial charge in [0.05, 0.1) is 5.69 Å². The first kappa shape index (κ1) is 17.1. The molecule has 3 heterocycles. The summed E-state index contributed by atoms with van der Waals surface area (Å²) in [5.74, 6) is 0.479. The number of carbonyl (C=O) groups excluding carboxylic acids is 1. The van der Waals surface area contributed by atoms with Crippen molar-refractivity contribution in [2.75, 3.05) is 5.32 Å². The van der Waals surface area contributed by atoms with Crippen molar-refractivity contribution in [3.8, 4) is 5.69 Å². The molecule has 1 aliphatic heterocycles. The van der Waals surface area contributed by atoms with E-state index in [4.69, 9.17) is 0 Å². The molecule has 4 rings (SSSR count). The molecule has 140 valence electrons. The predicted molar refractivity (Wildman–Crippen MR) is 96.6 cm³/mol. The Morgan fingerprint density at radius 1 is 1.26 bits per heavy atom. The van der Waals surface area contributed by atoms with Crippen LogP contribution in [-0.2, 0) is 24.3 Å². The molecule has 1 aromatic carbocycles. The van der Waals surface area contributed by atoms with Crippen molar-refractivity contribution in [1.82, 2.24) is 34.6 Å². The summed E-state index contributed by atoms with van der Waals surface area (Å²) in [5, 5.41) is 18.3. The molecule has 0 fully saturated rings. The summed E-state index contributed by atoms with van der Waals surface area (Å²) in [4.78, 5) is 24.8. The van der Waals surface area contributed by atoms with Crippen LogP contribution >= 0.6 is 0 Å². The van der Waals surface area contributed by atoms with Crippen LogP contribution in [0.5, 0.6) is 0 Å². The van der Waals surface area contributed by atoms with Gasteiger partial charge >= 0.3 is 5.69 Å². The van der Waals surface area contributed by atoms with E-state index in [1.165, 1.54) is 11.0 Å². The molecular formula is C17H20N8O2. The first-order valence-electron chi connectivity index (χ1n) is 8.92. The minimum Gasteiger partial charge on any atom is -0.324 e. The van der Waals surface area contributed by atoms with Crippen molar-refractivity contribution < 1.29 is 4.79 Å². The Morgan fingerprint density at radius 3 is 2.93 bits per heavy atom. The van der Waals surface area contributed by atoms with E-state index in [1.807, 2.05) is 19.1 Å². The lowest BCUT2D eigenvalue weighted by atomic mass is 10.2. The molecule has 0 saturated heterocycles. The van der Waals surface area contributed by atoms with Gasteiger partial charge in [-0.25, -0.2) is 14.2 Å². The Morgan fingerprint density at radius 2 is 2.15 bits per heavy atom. The van der Waals surface area contributed by atoms with Crippen LogP contribution in [0.2, 0.25) is 0 Å². The SMILES string of the molecule is Cc1cc(NC(=O)Cn2nc3n(c2=O)CCCCC3)ccc1-n1cnnn1. The number of aryl methyl sites for hydroxylation is 2. The number of fused-ring (bicyclic) bond motifs is 1. The average Bonchev–Trinajstić information content (AvgIpc) is 3.18. The van der Waals surface area contributed by atoms with Gasteiger partial charge in [-0.05, 0) is 54.0 Å². The molecule has 0 radical (unpaired) electrons. The summed E-state index contributed by atoms with van der Waals surface area (Å²) < 4.78 is 4.49. The van der Waals surface area contributed by atoms with Crippen LogP contribution in [-0.4, -0.2) is 40.5 Å². The fraction of sp³-hybridized carbons (Fsp3) is 0.412. The molecule has 10 nitrogen and oxygen atoms in total. The molecule has 0 unspecified atom stereocenters. The zero-order valence-electron chi connectivity index (χ0n) is 15.0. The first-order chi connectivity index (χ1) is 13.1. The topological polar surface area (TPSA) is 113 Å². The first-order valence-corrected chi connectivity index (χ1v) is 8.92. The number of nitrogens with zero attached hydrogens (tertiary/aromatic N) is 7. The molecule has 0 saturated carbocycles. The van der Waals surface area contributed by atoms with Crippen molar-refractivity contribution in [3.05, 3.63) is 46.4 Å². The maximum absolute atomic E-state index is 12.4. The molecule has 1 amide bonds. The standard InChI is InChI=1S/C17H20N8O2/c1-12-9-13(6-7-14(12)25-11-18-21-22-25)19-16(26)10-24-17(27)23-8-4-2-3-5-15(23)20-24/h6-7,9,11H,2-5,8,10H2,1H3,(H,19,26). The van der Waals surface area contributed by atoms with Crippen LogP contribution in [0.4, 0.5) is 5.69 Å². The van der Waals surface area contributed by atoms with E-state index in [0.717, 1.165) is 42.8 Å². The minimum absolute atomic E-state index is 0.105. The average molecular weight is 368 g/mol. The summed E-state index contributed by atoms with van der Waals surface area (Å²) in [6.07, 6.45) is 5.38. The molecule has 1 aliphatic rings. The monoisotopic (exact) mass is 368 g/mol. The van der Waals surface area contributed by atoms with Gasteiger partial charge in [0.15, 0.2) is 0 Å². The van der Waals surface area contributed by atoms with Crippen molar-refractivity contribution in [2.45, 2.75) is 45.7 Å². The van der Waals surface area contributed by atoms with E-state index in [0.29, 0.717) is 12.2 Å². The van der Waals surface area contributed by atoms with Gasteiger partial charge < -0.3 is 5.32 Å². The second-order valence-corrected chi connectivity index (χ2v) is 6.62. The molecule has 3 aromatic rings. The van der Waals surface area contributed by atoms with E-state index in [-0.39, 0.29) is 18.1 Å². The number of benzene rings is 1. The van der Waals surface area contributed by atoms with Gasteiger partial charge in [-0.2, -0.15) is 5.10 Å². The zero-order valence-corrected chi connectivity index (χ0v) is 15.0. The molecular weight excluding hydrogens is 348 g/mol. The minimum atomic E-state index is -0.292. The molecule has 0 bridgehead atoms. The number of rotatable bonds is 4. The highest BCUT2D eigenvalue weighted by atomic mass is 16.2. The number of tetrazole rings is 1. The van der Waals surface area contributed by atoms with Crippen LogP contribution in [0, 0.1) is 6.92 Å². The number of nitrogens with one attached hydrogen (secondary N) is 1. The van der Waals surface area contributed by atoms with Gasteiger partial charge in [-0.3, -0.25) is 9.36 Å². The number of anilines is 1. The van der Waals surface area contributed by atoms with Crippen molar-refractivity contribution in [2.24, 2.45) is 0 Å². The molecule has 2 aromatic heterocycles. The zero-order chi connectivity index (χ0) is 18.8. The summed E-state index contributed by atoms with van der Waals surface area (Å²) in [6.45, 7) is 2.48. The van der Waals surface area contributed by atoms with Crippen LogP contribution in [0.3, 0.4) is 0 Å². The highest BCUT2D eigenvalue weighted by Gasteiger charge is 2.17. The fourth-order valence-electron chi connectivity index (χ4n) is 3.33. The molecule has 27 heavy (non-hydrogen) atoms. The predicted octanol–water partition coefficient (Wildman–Crippen LogP) is 0.694. The molecule has 0 aliphatic carbocycles. The third kappa shape index (κ3) is 3.50. The fourth-order valence-corrected chi connectivity index (χ4v) is 3.33. The van der Waals surface area contributed by atoms with Crippen molar-refractivity contribution in [1.29, 1.82) is 0 Å². The molecule has 0 spiro atoms. The maximum Gasteiger partial charge on any atom is 0.346 e. The van der Waals surface area contributed by atoms with Crippen LogP contribution < -0.4 is 11.0 Å². The van der Waals surface area contributed by atoms with E-state index in [2.05, 4.69) is 25.9 Å². The largest absolute Gasteiger partial charge is 0.346 e. The quantitative estimate of drug-likeness (QED) is 0.725. The normalized spacial score (nSPS) is 13.8. The summed E-state index contributed by atoms with van der Waals surface area (Å²) in [5.41, 5.74) is 2.16. The Kier molecular flexibility index (Phi) is 4.53. The molecule has 10 heteroatoms. The van der Waals surface area contributed by atoms with E-state index < -0.39 is 0 Å². The van der Waals surface area contributed by atoms with Crippen molar-refractivity contribution >= 4 is 11.6 Å². The lowest BCUT2D eigenvalue weighted by Crippen LogP contribution is -2.30. The summed E-state index contributed by atoms with van der Waals surface area (Å²) in [7, 11) is 0. The Labute approximate surface area is 154 Å². The Hall–Kier alpha value is -3.30. The second-order valence-electron chi connectivity index (χ2n) is 6.62.